The Kier molecular flexibility index (Phi) is 1.79. The molecule has 5 heteroatoms. The van der Waals surface area contributed by atoms with E-state index in [-0.39, 0.29) is 0 Å². The van der Waals surface area contributed by atoms with Crippen LogP contribution in [0.1, 0.15) is 5.69 Å². The van der Waals surface area contributed by atoms with Gasteiger partial charge in [0.25, 0.3) is 0 Å². The number of nitrogens with two attached hydrogens (primary N) is 1. The summed E-state index contributed by atoms with van der Waals surface area (Å²) < 4.78 is 1.81. The van der Waals surface area contributed by atoms with E-state index in [1.165, 1.54) is 11.3 Å². The van der Waals surface area contributed by atoms with Gasteiger partial charge in [-0.1, -0.05) is 0 Å². The molecule has 0 unspecified atom stereocenters. The van der Waals surface area contributed by atoms with E-state index in [4.69, 9.17) is 5.73 Å². The van der Waals surface area contributed by atoms with Crippen LogP contribution in [0, 0.1) is 0 Å². The predicted octanol–water partition coefficient (Wildman–Crippen LogP) is 0.970. The van der Waals surface area contributed by atoms with Gasteiger partial charge in [-0.15, -0.1) is 11.3 Å². The number of aromatic nitrogens is 3. The lowest BCUT2D eigenvalue weighted by molar-refractivity contribution is 0.676. The lowest BCUT2D eigenvalue weighted by Crippen LogP contribution is -2.00. The largest absolute Gasteiger partial charge is 0.375 e. The fourth-order valence-corrected chi connectivity index (χ4v) is 1.51. The van der Waals surface area contributed by atoms with Crippen LogP contribution >= 0.6 is 11.3 Å². The minimum absolute atomic E-state index is 0.608. The molecule has 2 aromatic rings. The summed E-state index contributed by atoms with van der Waals surface area (Å²) in [5.41, 5.74) is 6.44. The monoisotopic (exact) mass is 180 g/mol. The summed E-state index contributed by atoms with van der Waals surface area (Å²) >= 11 is 1.45. The van der Waals surface area contributed by atoms with E-state index >= 15 is 0 Å². The molecule has 12 heavy (non-hydrogen) atoms. The molecule has 0 atom stereocenters. The zero-order chi connectivity index (χ0) is 8.39. The van der Waals surface area contributed by atoms with Gasteiger partial charge in [0, 0.05) is 17.8 Å². The molecule has 0 spiro atoms. The average Bonchev–Trinajstić information content (AvgIpc) is 2.63. The predicted molar refractivity (Wildman–Crippen MR) is 47.9 cm³/mol. The van der Waals surface area contributed by atoms with Gasteiger partial charge >= 0.3 is 0 Å². The lowest BCUT2D eigenvalue weighted by atomic mass is 10.5. The Balaban J connectivity index is 2.14. The fourth-order valence-electron chi connectivity index (χ4n) is 0.955. The van der Waals surface area contributed by atoms with E-state index in [9.17, 15) is 0 Å². The van der Waals surface area contributed by atoms with Crippen molar-refractivity contribution < 1.29 is 0 Å². The van der Waals surface area contributed by atoms with Gasteiger partial charge in [0.15, 0.2) is 5.13 Å². The van der Waals surface area contributed by atoms with Crippen LogP contribution in [0.15, 0.2) is 23.8 Å². The maximum Gasteiger partial charge on any atom is 0.180 e. The van der Waals surface area contributed by atoms with E-state index in [1.807, 2.05) is 22.3 Å². The molecule has 0 bridgehead atoms. The van der Waals surface area contributed by atoms with Crippen molar-refractivity contribution >= 4 is 16.5 Å². The highest BCUT2D eigenvalue weighted by atomic mass is 32.1. The van der Waals surface area contributed by atoms with Crippen molar-refractivity contribution in [3.63, 3.8) is 0 Å². The third-order valence-corrected chi connectivity index (χ3v) is 2.18. The van der Waals surface area contributed by atoms with Gasteiger partial charge in [0.05, 0.1) is 12.2 Å². The van der Waals surface area contributed by atoms with Gasteiger partial charge in [0.1, 0.15) is 0 Å². The Bertz CT molecular complexity index is 351. The summed E-state index contributed by atoms with van der Waals surface area (Å²) in [5, 5.41) is 6.61. The lowest BCUT2D eigenvalue weighted by Gasteiger charge is -1.95. The number of hydrogen-bond acceptors (Lipinski definition) is 4. The Morgan fingerprint density at radius 2 is 2.50 bits per heavy atom. The Morgan fingerprint density at radius 1 is 1.58 bits per heavy atom. The van der Waals surface area contributed by atoms with Gasteiger partial charge in [-0.05, 0) is 6.07 Å². The minimum atomic E-state index is 0.608. The van der Waals surface area contributed by atoms with Crippen LogP contribution in [-0.2, 0) is 6.54 Å². The Labute approximate surface area is 73.7 Å². The van der Waals surface area contributed by atoms with E-state index in [1.54, 1.807) is 6.20 Å². The molecule has 0 radical (unpaired) electrons. The van der Waals surface area contributed by atoms with E-state index in [2.05, 4.69) is 10.1 Å². The first-order valence-electron chi connectivity index (χ1n) is 3.52. The van der Waals surface area contributed by atoms with Crippen molar-refractivity contribution in [3.8, 4) is 0 Å². The van der Waals surface area contributed by atoms with Crippen LogP contribution in [0.5, 0.6) is 0 Å². The van der Waals surface area contributed by atoms with Gasteiger partial charge in [-0.2, -0.15) is 5.10 Å². The number of anilines is 1. The summed E-state index contributed by atoms with van der Waals surface area (Å²) in [5.74, 6) is 0. The quantitative estimate of drug-likeness (QED) is 0.749. The molecule has 0 saturated carbocycles. The molecule has 4 nitrogen and oxygen atoms in total. The molecule has 62 valence electrons. The molecular weight excluding hydrogens is 172 g/mol. The van der Waals surface area contributed by atoms with Crippen molar-refractivity contribution in [3.05, 3.63) is 29.5 Å². The second-order valence-corrected chi connectivity index (χ2v) is 3.27. The molecule has 0 aliphatic carbocycles. The van der Waals surface area contributed by atoms with Gasteiger partial charge < -0.3 is 5.73 Å². The highest BCUT2D eigenvalue weighted by Gasteiger charge is 1.98. The van der Waals surface area contributed by atoms with Gasteiger partial charge in [-0.3, -0.25) is 4.68 Å². The maximum atomic E-state index is 5.49. The fraction of sp³-hybridized carbons (Fsp3) is 0.143. The summed E-state index contributed by atoms with van der Waals surface area (Å²) in [6, 6.07) is 1.88. The third-order valence-electron chi connectivity index (χ3n) is 1.45. The molecule has 2 aromatic heterocycles. The third kappa shape index (κ3) is 1.45. The van der Waals surface area contributed by atoms with Gasteiger partial charge in [0.2, 0.25) is 0 Å². The summed E-state index contributed by atoms with van der Waals surface area (Å²) in [4.78, 5) is 4.12. The maximum absolute atomic E-state index is 5.49. The van der Waals surface area contributed by atoms with E-state index < -0.39 is 0 Å². The molecule has 2 heterocycles. The van der Waals surface area contributed by atoms with Crippen molar-refractivity contribution in [1.29, 1.82) is 0 Å². The Morgan fingerprint density at radius 3 is 3.08 bits per heavy atom. The standard InChI is InChI=1S/C7H8N4S/c8-7-10-6(5-12-7)4-11-3-1-2-9-11/h1-3,5H,4H2,(H2,8,10). The zero-order valence-corrected chi connectivity index (χ0v) is 7.16. The molecule has 0 saturated heterocycles. The molecular formula is C7H8N4S. The number of hydrogen-bond donors (Lipinski definition) is 1. The summed E-state index contributed by atoms with van der Waals surface area (Å²) in [7, 11) is 0. The first-order chi connectivity index (χ1) is 5.84. The van der Waals surface area contributed by atoms with Crippen molar-refractivity contribution in [2.75, 3.05) is 5.73 Å². The molecule has 0 aromatic carbocycles. The highest BCUT2D eigenvalue weighted by Crippen LogP contribution is 2.11. The van der Waals surface area contributed by atoms with Crippen LogP contribution in [0.2, 0.25) is 0 Å². The smallest absolute Gasteiger partial charge is 0.180 e. The highest BCUT2D eigenvalue weighted by molar-refractivity contribution is 7.13. The normalized spacial score (nSPS) is 10.3. The van der Waals surface area contributed by atoms with Crippen molar-refractivity contribution in [1.82, 2.24) is 14.8 Å². The first-order valence-corrected chi connectivity index (χ1v) is 4.40. The second kappa shape index (κ2) is 2.94. The van der Waals surface area contributed by atoms with Gasteiger partial charge in [-0.25, -0.2) is 4.98 Å². The summed E-state index contributed by atoms with van der Waals surface area (Å²) in [6.45, 7) is 0.695. The molecule has 2 N–H and O–H groups in total. The molecule has 2 rings (SSSR count). The van der Waals surface area contributed by atoms with Crippen LogP contribution in [0.3, 0.4) is 0 Å². The SMILES string of the molecule is Nc1nc(Cn2cccn2)cs1. The zero-order valence-electron chi connectivity index (χ0n) is 6.34. The topological polar surface area (TPSA) is 56.7 Å². The first kappa shape index (κ1) is 7.30. The van der Waals surface area contributed by atoms with Crippen LogP contribution < -0.4 is 5.73 Å². The average molecular weight is 180 g/mol. The van der Waals surface area contributed by atoms with E-state index in [0.29, 0.717) is 11.7 Å². The number of nitrogen functional groups attached to an aromatic ring is 1. The Hall–Kier alpha value is -1.36. The van der Waals surface area contributed by atoms with Crippen LogP contribution in [-0.4, -0.2) is 14.8 Å². The van der Waals surface area contributed by atoms with Crippen molar-refractivity contribution in [2.24, 2.45) is 0 Å². The van der Waals surface area contributed by atoms with E-state index in [0.717, 1.165) is 5.69 Å². The second-order valence-electron chi connectivity index (χ2n) is 2.38. The molecule has 0 amide bonds. The van der Waals surface area contributed by atoms with Crippen molar-refractivity contribution in [2.45, 2.75) is 6.54 Å². The molecule has 0 aliphatic heterocycles. The number of nitrogens with zero attached hydrogens (tertiary/aromatic N) is 3. The molecule has 0 aliphatic rings. The van der Waals surface area contributed by atoms with Crippen LogP contribution in [0.4, 0.5) is 5.13 Å². The minimum Gasteiger partial charge on any atom is -0.375 e. The molecule has 0 fully saturated rings. The number of thiazole rings is 1. The van der Waals surface area contributed by atoms with Crippen LogP contribution in [0.25, 0.3) is 0 Å². The number of rotatable bonds is 2. The summed E-state index contributed by atoms with van der Waals surface area (Å²) in [6.07, 6.45) is 3.64.